The number of carbonyl (C=O) groups excluding carboxylic acids is 2. The predicted octanol–water partition coefficient (Wildman–Crippen LogP) is 6.07. The first kappa shape index (κ1) is 29.2. The van der Waals surface area contributed by atoms with E-state index in [9.17, 15) is 9.59 Å². The molecule has 0 bridgehead atoms. The van der Waals surface area contributed by atoms with Crippen molar-refractivity contribution in [3.05, 3.63) is 95.6 Å². The van der Waals surface area contributed by atoms with E-state index in [1.54, 1.807) is 12.0 Å². The molecule has 0 aromatic heterocycles. The van der Waals surface area contributed by atoms with Crippen LogP contribution in [0.4, 0.5) is 0 Å². The Morgan fingerprint density at radius 1 is 0.900 bits per heavy atom. The second-order valence-electron chi connectivity index (χ2n) is 11.6. The molecule has 1 atom stereocenters. The molecule has 1 unspecified atom stereocenters. The van der Waals surface area contributed by atoms with Crippen molar-refractivity contribution in [2.24, 2.45) is 0 Å². The normalized spacial score (nSPS) is 14.4. The lowest BCUT2D eigenvalue weighted by Crippen LogP contribution is -2.53. The molecule has 1 aliphatic carbocycles. The Kier molecular flexibility index (Phi) is 9.86. The lowest BCUT2D eigenvalue weighted by atomic mass is 9.87. The fourth-order valence-corrected chi connectivity index (χ4v) is 5.17. The summed E-state index contributed by atoms with van der Waals surface area (Å²) in [5.74, 6) is 0.958. The highest BCUT2D eigenvalue weighted by Gasteiger charge is 2.32. The van der Waals surface area contributed by atoms with Gasteiger partial charge in [-0.2, -0.15) is 0 Å². The van der Waals surface area contributed by atoms with E-state index in [0.29, 0.717) is 17.9 Å². The number of methoxy groups -OCH3 is 1. The molecule has 40 heavy (non-hydrogen) atoms. The monoisotopic (exact) mass is 542 g/mol. The van der Waals surface area contributed by atoms with Crippen molar-refractivity contribution in [2.75, 3.05) is 13.7 Å². The number of amides is 2. The molecule has 6 heteroatoms. The Morgan fingerprint density at radius 3 is 2.23 bits per heavy atom. The van der Waals surface area contributed by atoms with Crippen molar-refractivity contribution in [3.63, 3.8) is 0 Å². The van der Waals surface area contributed by atoms with Crippen molar-refractivity contribution in [1.82, 2.24) is 10.2 Å². The molecule has 0 saturated heterocycles. The summed E-state index contributed by atoms with van der Waals surface area (Å²) < 4.78 is 11.4. The molecule has 212 valence electrons. The van der Waals surface area contributed by atoms with Gasteiger partial charge < -0.3 is 19.7 Å². The average molecular weight is 543 g/mol. The molecule has 2 amide bonds. The van der Waals surface area contributed by atoms with Gasteiger partial charge in [0.1, 0.15) is 17.5 Å². The third-order valence-corrected chi connectivity index (χ3v) is 7.54. The molecule has 1 aliphatic rings. The Hall–Kier alpha value is -3.80. The number of hydrogen-bond acceptors (Lipinski definition) is 4. The zero-order valence-electron chi connectivity index (χ0n) is 24.2. The Bertz CT molecular complexity index is 1240. The van der Waals surface area contributed by atoms with Gasteiger partial charge in [0, 0.05) is 19.0 Å². The van der Waals surface area contributed by atoms with Crippen molar-refractivity contribution >= 4 is 11.8 Å². The molecule has 0 aliphatic heterocycles. The van der Waals surface area contributed by atoms with E-state index >= 15 is 0 Å². The zero-order chi connectivity index (χ0) is 28.5. The van der Waals surface area contributed by atoms with E-state index in [-0.39, 0.29) is 36.4 Å². The summed E-state index contributed by atoms with van der Waals surface area (Å²) in [6, 6.07) is 24.8. The highest BCUT2D eigenvalue weighted by Crippen LogP contribution is 2.25. The van der Waals surface area contributed by atoms with Gasteiger partial charge in [-0.25, -0.2) is 0 Å². The highest BCUT2D eigenvalue weighted by molar-refractivity contribution is 5.88. The van der Waals surface area contributed by atoms with Crippen LogP contribution in [0.3, 0.4) is 0 Å². The van der Waals surface area contributed by atoms with Crippen LogP contribution < -0.4 is 14.8 Å². The summed E-state index contributed by atoms with van der Waals surface area (Å²) in [5.41, 5.74) is 3.10. The molecule has 6 nitrogen and oxygen atoms in total. The number of rotatable bonds is 11. The van der Waals surface area contributed by atoms with Crippen LogP contribution in [0, 0.1) is 0 Å². The predicted molar refractivity (Wildman–Crippen MR) is 159 cm³/mol. The second-order valence-corrected chi connectivity index (χ2v) is 11.6. The smallest absolute Gasteiger partial charge is 0.261 e. The molecular weight excluding hydrogens is 500 g/mol. The first-order valence-corrected chi connectivity index (χ1v) is 14.2. The van der Waals surface area contributed by atoms with Crippen LogP contribution in [0.5, 0.6) is 11.5 Å². The van der Waals surface area contributed by atoms with Gasteiger partial charge in [-0.3, -0.25) is 9.59 Å². The lowest BCUT2D eigenvalue weighted by molar-refractivity contribution is -0.143. The molecule has 1 N–H and O–H groups in total. The zero-order valence-corrected chi connectivity index (χ0v) is 24.2. The standard InChI is InChI=1S/C34H42N2O4/c1-34(2,3)27-17-19-29(20-18-27)40-24-32(37)36(23-26-13-10-16-30(21-26)39-4)31(22-25-11-6-5-7-12-25)33(38)35-28-14-8-9-15-28/h5-7,10-13,16-21,28,31H,8-9,14-15,22-24H2,1-4H3,(H,35,38). The third-order valence-electron chi connectivity index (χ3n) is 7.54. The minimum atomic E-state index is -0.687. The first-order valence-electron chi connectivity index (χ1n) is 14.2. The third kappa shape index (κ3) is 8.10. The first-order chi connectivity index (χ1) is 19.2. The second kappa shape index (κ2) is 13.5. The minimum Gasteiger partial charge on any atom is -0.497 e. The molecule has 3 aromatic carbocycles. The van der Waals surface area contributed by atoms with Gasteiger partial charge in [-0.15, -0.1) is 0 Å². The van der Waals surface area contributed by atoms with Gasteiger partial charge >= 0.3 is 0 Å². The minimum absolute atomic E-state index is 0.0270. The van der Waals surface area contributed by atoms with E-state index in [1.807, 2.05) is 78.9 Å². The summed E-state index contributed by atoms with van der Waals surface area (Å²) >= 11 is 0. The molecule has 0 spiro atoms. The molecule has 3 aromatic rings. The van der Waals surface area contributed by atoms with Gasteiger partial charge in [0.05, 0.1) is 7.11 Å². The maximum Gasteiger partial charge on any atom is 0.261 e. The number of hydrogen-bond donors (Lipinski definition) is 1. The number of ether oxygens (including phenoxy) is 2. The van der Waals surface area contributed by atoms with Crippen molar-refractivity contribution < 1.29 is 19.1 Å². The molecule has 1 saturated carbocycles. The van der Waals surface area contributed by atoms with Crippen molar-refractivity contribution in [3.8, 4) is 11.5 Å². The highest BCUT2D eigenvalue weighted by atomic mass is 16.5. The van der Waals surface area contributed by atoms with Crippen LogP contribution in [-0.2, 0) is 28.0 Å². The molecule has 1 fully saturated rings. The van der Waals surface area contributed by atoms with E-state index < -0.39 is 6.04 Å². The Labute approximate surface area is 238 Å². The number of carbonyl (C=O) groups is 2. The van der Waals surface area contributed by atoms with Gasteiger partial charge in [0.25, 0.3) is 5.91 Å². The summed E-state index contributed by atoms with van der Waals surface area (Å²) in [6.45, 7) is 6.57. The van der Waals surface area contributed by atoms with Gasteiger partial charge in [0.2, 0.25) is 5.91 Å². The molecule has 0 radical (unpaired) electrons. The Balaban J connectivity index is 1.60. The fourth-order valence-electron chi connectivity index (χ4n) is 5.17. The van der Waals surface area contributed by atoms with E-state index in [4.69, 9.17) is 9.47 Å². The largest absolute Gasteiger partial charge is 0.497 e. The van der Waals surface area contributed by atoms with Crippen LogP contribution in [0.25, 0.3) is 0 Å². The van der Waals surface area contributed by atoms with Crippen LogP contribution in [-0.4, -0.2) is 42.5 Å². The lowest BCUT2D eigenvalue weighted by Gasteiger charge is -2.32. The van der Waals surface area contributed by atoms with E-state index in [2.05, 4.69) is 26.1 Å². The van der Waals surface area contributed by atoms with Gasteiger partial charge in [-0.1, -0.05) is 88.2 Å². The SMILES string of the molecule is COc1cccc(CN(C(=O)COc2ccc(C(C)(C)C)cc2)C(Cc2ccccc2)C(=O)NC2CCCC2)c1. The van der Waals surface area contributed by atoms with E-state index in [0.717, 1.165) is 36.8 Å². The summed E-state index contributed by atoms with van der Waals surface area (Å²) in [6.07, 6.45) is 4.59. The maximum atomic E-state index is 13.9. The molecule has 0 heterocycles. The average Bonchev–Trinajstić information content (AvgIpc) is 3.47. The van der Waals surface area contributed by atoms with Crippen LogP contribution >= 0.6 is 0 Å². The number of nitrogens with one attached hydrogen (secondary N) is 1. The summed E-state index contributed by atoms with van der Waals surface area (Å²) in [5, 5.41) is 3.24. The molecular formula is C34H42N2O4. The van der Waals surface area contributed by atoms with Crippen LogP contribution in [0.15, 0.2) is 78.9 Å². The number of nitrogens with zero attached hydrogens (tertiary/aromatic N) is 1. The van der Waals surface area contributed by atoms with E-state index in [1.165, 1.54) is 5.56 Å². The maximum absolute atomic E-state index is 13.9. The number of benzene rings is 3. The van der Waals surface area contributed by atoms with Crippen LogP contribution in [0.2, 0.25) is 0 Å². The summed E-state index contributed by atoms with van der Waals surface area (Å²) in [4.78, 5) is 29.3. The van der Waals surface area contributed by atoms with Gasteiger partial charge in [0.15, 0.2) is 6.61 Å². The topological polar surface area (TPSA) is 67.9 Å². The van der Waals surface area contributed by atoms with Crippen LogP contribution in [0.1, 0.15) is 63.1 Å². The fraction of sp³-hybridized carbons (Fsp3) is 0.412. The quantitative estimate of drug-likeness (QED) is 0.319. The van der Waals surface area contributed by atoms with Crippen molar-refractivity contribution in [2.45, 2.75) is 76.9 Å². The molecule has 4 rings (SSSR count). The van der Waals surface area contributed by atoms with Crippen molar-refractivity contribution in [1.29, 1.82) is 0 Å². The Morgan fingerprint density at radius 2 is 1.57 bits per heavy atom. The summed E-state index contributed by atoms with van der Waals surface area (Å²) in [7, 11) is 1.62. The van der Waals surface area contributed by atoms with Gasteiger partial charge in [-0.05, 0) is 59.2 Å².